The highest BCUT2D eigenvalue weighted by Gasteiger charge is 2.15. The van der Waals surface area contributed by atoms with Gasteiger partial charge in [-0.3, -0.25) is 9.97 Å². The molecule has 0 aliphatic heterocycles. The Morgan fingerprint density at radius 3 is 1.48 bits per heavy atom. The minimum Gasteiger partial charge on any atom is -0.309 e. The summed E-state index contributed by atoms with van der Waals surface area (Å²) < 4.78 is 4.62. The molecule has 10 rings (SSSR count). The standard InChI is InChI=1S/C46H32N6/c1-29-12-18-43-35(24-29)37-27-47-22-20-45(37)51(43)33-16-14-31(15-17-33)39-8-4-10-41(49-39)42-11-5-9-40(50-42)32-6-3-7-34(26-32)52-44-19-13-30(2)25-36(44)38-28-48-23-21-46(38)52/h3-28H,1-2H3. The molecular formula is C46H32N6. The van der Waals surface area contributed by atoms with Crippen molar-refractivity contribution in [2.24, 2.45) is 0 Å². The summed E-state index contributed by atoms with van der Waals surface area (Å²) >= 11 is 0. The Morgan fingerprint density at radius 2 is 0.885 bits per heavy atom. The predicted molar refractivity (Wildman–Crippen MR) is 212 cm³/mol. The molecule has 0 aliphatic carbocycles. The smallest absolute Gasteiger partial charge is 0.0893 e. The lowest BCUT2D eigenvalue weighted by atomic mass is 10.1. The quantitative estimate of drug-likeness (QED) is 0.183. The van der Waals surface area contributed by atoms with Crippen molar-refractivity contribution in [3.05, 3.63) is 169 Å². The summed E-state index contributed by atoms with van der Waals surface area (Å²) in [4.78, 5) is 19.1. The van der Waals surface area contributed by atoms with Crippen LogP contribution in [0.25, 0.3) is 88.9 Å². The first-order chi connectivity index (χ1) is 25.6. The summed E-state index contributed by atoms with van der Waals surface area (Å²) in [5.74, 6) is 0. The summed E-state index contributed by atoms with van der Waals surface area (Å²) in [6.45, 7) is 4.26. The van der Waals surface area contributed by atoms with Crippen LogP contribution in [0.1, 0.15) is 11.1 Å². The van der Waals surface area contributed by atoms with Gasteiger partial charge in [0, 0.05) is 68.8 Å². The van der Waals surface area contributed by atoms with Crippen molar-refractivity contribution < 1.29 is 0 Å². The Bertz CT molecular complexity index is 2990. The van der Waals surface area contributed by atoms with E-state index in [4.69, 9.17) is 9.97 Å². The molecule has 0 saturated carbocycles. The van der Waals surface area contributed by atoms with Crippen LogP contribution in [0.15, 0.2) is 158 Å². The zero-order chi connectivity index (χ0) is 34.8. The van der Waals surface area contributed by atoms with Crippen LogP contribution < -0.4 is 0 Å². The second-order valence-corrected chi connectivity index (χ2v) is 13.4. The molecule has 0 amide bonds. The molecular weight excluding hydrogens is 637 g/mol. The van der Waals surface area contributed by atoms with Crippen LogP contribution in [-0.4, -0.2) is 29.1 Å². The third-order valence-corrected chi connectivity index (χ3v) is 10.0. The van der Waals surface area contributed by atoms with E-state index in [1.165, 1.54) is 27.4 Å². The summed E-state index contributed by atoms with van der Waals surface area (Å²) in [6.07, 6.45) is 7.64. The molecule has 0 saturated heterocycles. The molecule has 52 heavy (non-hydrogen) atoms. The minimum absolute atomic E-state index is 0.828. The van der Waals surface area contributed by atoms with Crippen molar-refractivity contribution >= 4 is 43.6 Å². The van der Waals surface area contributed by atoms with Gasteiger partial charge in [-0.15, -0.1) is 0 Å². The first kappa shape index (κ1) is 29.9. The second kappa shape index (κ2) is 11.9. The molecule has 0 unspecified atom stereocenters. The maximum Gasteiger partial charge on any atom is 0.0893 e. The van der Waals surface area contributed by atoms with Crippen LogP contribution in [0.4, 0.5) is 0 Å². The molecule has 10 aromatic rings. The normalized spacial score (nSPS) is 11.7. The third kappa shape index (κ3) is 4.88. The van der Waals surface area contributed by atoms with Gasteiger partial charge in [0.1, 0.15) is 0 Å². The van der Waals surface area contributed by atoms with Gasteiger partial charge in [-0.2, -0.15) is 0 Å². The molecule has 0 N–H and O–H groups in total. The van der Waals surface area contributed by atoms with E-state index in [1.54, 1.807) is 0 Å². The number of aromatic nitrogens is 6. The molecule has 0 atom stereocenters. The van der Waals surface area contributed by atoms with Gasteiger partial charge in [0.2, 0.25) is 0 Å². The Kier molecular flexibility index (Phi) is 6.83. The Labute approximate surface area is 300 Å². The minimum atomic E-state index is 0.828. The predicted octanol–water partition coefficient (Wildman–Crippen LogP) is 11.1. The van der Waals surface area contributed by atoms with Gasteiger partial charge in [-0.25, -0.2) is 9.97 Å². The van der Waals surface area contributed by atoms with Crippen LogP contribution in [0.3, 0.4) is 0 Å². The van der Waals surface area contributed by atoms with Crippen LogP contribution in [0.2, 0.25) is 0 Å². The van der Waals surface area contributed by atoms with Gasteiger partial charge >= 0.3 is 0 Å². The molecule has 6 nitrogen and oxygen atoms in total. The molecule has 6 heterocycles. The molecule has 0 spiro atoms. The number of nitrogens with zero attached hydrogens (tertiary/aromatic N) is 6. The maximum atomic E-state index is 5.13. The summed E-state index contributed by atoms with van der Waals surface area (Å²) in [5, 5.41) is 4.71. The van der Waals surface area contributed by atoms with Gasteiger partial charge in [0.25, 0.3) is 0 Å². The highest BCUT2D eigenvalue weighted by molar-refractivity contribution is 6.10. The molecule has 0 radical (unpaired) electrons. The Balaban J connectivity index is 0.991. The SMILES string of the molecule is Cc1ccc2c(c1)c1cnccc1n2-c1ccc(-c2cccc(-c3cccc(-c4cccc(-n5c6ccncc6c6cc(C)ccc65)c4)n3)n2)cc1. The molecule has 4 aromatic carbocycles. The summed E-state index contributed by atoms with van der Waals surface area (Å²) in [5.41, 5.74) is 14.8. The Morgan fingerprint density at radius 1 is 0.385 bits per heavy atom. The molecule has 6 heteroatoms. The number of fused-ring (bicyclic) bond motifs is 6. The first-order valence-corrected chi connectivity index (χ1v) is 17.4. The number of hydrogen-bond donors (Lipinski definition) is 0. The van der Waals surface area contributed by atoms with Gasteiger partial charge in [-0.1, -0.05) is 59.7 Å². The van der Waals surface area contributed by atoms with Crippen molar-refractivity contribution in [3.8, 4) is 45.3 Å². The number of benzene rings is 4. The lowest BCUT2D eigenvalue weighted by Gasteiger charge is -2.11. The zero-order valence-corrected chi connectivity index (χ0v) is 28.7. The topological polar surface area (TPSA) is 61.4 Å². The lowest BCUT2D eigenvalue weighted by Crippen LogP contribution is -1.96. The van der Waals surface area contributed by atoms with Crippen molar-refractivity contribution in [1.29, 1.82) is 0 Å². The highest BCUT2D eigenvalue weighted by Crippen LogP contribution is 2.35. The molecule has 6 aromatic heterocycles. The van der Waals surface area contributed by atoms with Gasteiger partial charge in [0.05, 0.1) is 44.8 Å². The van der Waals surface area contributed by atoms with Crippen LogP contribution in [0.5, 0.6) is 0 Å². The number of pyridine rings is 4. The zero-order valence-electron chi connectivity index (χ0n) is 28.7. The van der Waals surface area contributed by atoms with Crippen molar-refractivity contribution in [2.75, 3.05) is 0 Å². The van der Waals surface area contributed by atoms with E-state index in [1.807, 2.05) is 36.9 Å². The molecule has 0 aliphatic rings. The fourth-order valence-corrected chi connectivity index (χ4v) is 7.58. The average Bonchev–Trinajstić information content (AvgIpc) is 3.70. The molecule has 0 bridgehead atoms. The number of aryl methyl sites for hydroxylation is 2. The highest BCUT2D eigenvalue weighted by atomic mass is 15.0. The number of rotatable bonds is 5. The third-order valence-electron chi connectivity index (χ3n) is 10.0. The Hall–Kier alpha value is -6.92. The van der Waals surface area contributed by atoms with Crippen LogP contribution in [0, 0.1) is 13.8 Å². The van der Waals surface area contributed by atoms with Crippen molar-refractivity contribution in [3.63, 3.8) is 0 Å². The van der Waals surface area contributed by atoms with Gasteiger partial charge < -0.3 is 9.13 Å². The maximum absolute atomic E-state index is 5.13. The van der Waals surface area contributed by atoms with E-state index in [0.29, 0.717) is 0 Å². The van der Waals surface area contributed by atoms with Gasteiger partial charge in [-0.05, 0) is 98.8 Å². The van der Waals surface area contributed by atoms with Crippen LogP contribution >= 0.6 is 0 Å². The van der Waals surface area contributed by atoms with E-state index in [2.05, 4.69) is 154 Å². The van der Waals surface area contributed by atoms with Gasteiger partial charge in [0.15, 0.2) is 0 Å². The average molecular weight is 669 g/mol. The summed E-state index contributed by atoms with van der Waals surface area (Å²) in [7, 11) is 0. The second-order valence-electron chi connectivity index (χ2n) is 13.4. The van der Waals surface area contributed by atoms with E-state index in [0.717, 1.165) is 72.6 Å². The largest absolute Gasteiger partial charge is 0.309 e. The first-order valence-electron chi connectivity index (χ1n) is 17.4. The van der Waals surface area contributed by atoms with E-state index in [9.17, 15) is 0 Å². The summed E-state index contributed by atoms with van der Waals surface area (Å²) in [6, 6.07) is 46.9. The monoisotopic (exact) mass is 668 g/mol. The van der Waals surface area contributed by atoms with Crippen molar-refractivity contribution in [2.45, 2.75) is 13.8 Å². The fourth-order valence-electron chi connectivity index (χ4n) is 7.58. The fraction of sp³-hybridized carbons (Fsp3) is 0.0435. The van der Waals surface area contributed by atoms with E-state index >= 15 is 0 Å². The van der Waals surface area contributed by atoms with Crippen LogP contribution in [-0.2, 0) is 0 Å². The number of hydrogen-bond acceptors (Lipinski definition) is 4. The van der Waals surface area contributed by atoms with E-state index < -0.39 is 0 Å². The van der Waals surface area contributed by atoms with Crippen molar-refractivity contribution in [1.82, 2.24) is 29.1 Å². The van der Waals surface area contributed by atoms with E-state index in [-0.39, 0.29) is 0 Å². The molecule has 246 valence electrons. The lowest BCUT2D eigenvalue weighted by molar-refractivity contribution is 1.17. The molecule has 0 fully saturated rings.